The number of anilines is 1. The molecule has 0 saturated heterocycles. The standard InChI is InChI=1S/C16H14BrN5O3S/c1-16(2,3)25-15(24)19-7-4-8-11(18-5-7)12-10(13(23)20-8)14-22(21-12)6-9(17)26-14/h4-6H,1-3H3,(H,19,24)(H,20,23). The van der Waals surface area contributed by atoms with Crippen LogP contribution in [0.25, 0.3) is 26.8 Å². The quantitative estimate of drug-likeness (QED) is 0.472. The van der Waals surface area contributed by atoms with E-state index in [0.29, 0.717) is 27.6 Å². The zero-order valence-corrected chi connectivity index (χ0v) is 16.5. The minimum absolute atomic E-state index is 0.256. The van der Waals surface area contributed by atoms with Crippen molar-refractivity contribution in [2.75, 3.05) is 5.32 Å². The number of nitrogens with zero attached hydrogens (tertiary/aromatic N) is 3. The zero-order valence-electron chi connectivity index (χ0n) is 14.1. The number of nitrogens with one attached hydrogen (secondary N) is 2. The van der Waals surface area contributed by atoms with Gasteiger partial charge in [-0.05, 0) is 42.8 Å². The van der Waals surface area contributed by atoms with Crippen LogP contribution in [0, 0.1) is 0 Å². The van der Waals surface area contributed by atoms with Crippen LogP contribution in [0.5, 0.6) is 0 Å². The number of amides is 1. The van der Waals surface area contributed by atoms with Gasteiger partial charge in [0.25, 0.3) is 5.56 Å². The second-order valence-corrected chi connectivity index (χ2v) is 9.12. The number of H-pyrrole nitrogens is 1. The Morgan fingerprint density at radius 3 is 2.88 bits per heavy atom. The van der Waals surface area contributed by atoms with E-state index in [0.717, 1.165) is 8.62 Å². The van der Waals surface area contributed by atoms with Gasteiger partial charge in [0.15, 0.2) is 0 Å². The highest BCUT2D eigenvalue weighted by Gasteiger charge is 2.18. The molecule has 0 unspecified atom stereocenters. The molecule has 4 aromatic heterocycles. The van der Waals surface area contributed by atoms with Crippen molar-refractivity contribution >= 4 is 65.8 Å². The van der Waals surface area contributed by atoms with Gasteiger partial charge in [-0.2, -0.15) is 5.10 Å². The molecule has 0 spiro atoms. The molecule has 0 bridgehead atoms. The molecule has 10 heteroatoms. The molecule has 4 aromatic rings. The first-order valence-corrected chi connectivity index (χ1v) is 9.32. The van der Waals surface area contributed by atoms with Gasteiger partial charge >= 0.3 is 6.09 Å². The maximum atomic E-state index is 12.5. The Morgan fingerprint density at radius 1 is 1.38 bits per heavy atom. The highest BCUT2D eigenvalue weighted by atomic mass is 79.9. The summed E-state index contributed by atoms with van der Waals surface area (Å²) in [6.07, 6.45) is 2.71. The number of aromatic amines is 1. The van der Waals surface area contributed by atoms with Crippen molar-refractivity contribution < 1.29 is 9.53 Å². The van der Waals surface area contributed by atoms with Crippen LogP contribution in [0.2, 0.25) is 0 Å². The average Bonchev–Trinajstić information content (AvgIpc) is 3.00. The Morgan fingerprint density at radius 2 is 2.15 bits per heavy atom. The summed E-state index contributed by atoms with van der Waals surface area (Å²) < 4.78 is 7.76. The summed E-state index contributed by atoms with van der Waals surface area (Å²) in [5.41, 5.74) is 1.12. The van der Waals surface area contributed by atoms with E-state index >= 15 is 0 Å². The predicted octanol–water partition coefficient (Wildman–Crippen LogP) is 3.90. The van der Waals surface area contributed by atoms with Crippen LogP contribution in [0.15, 0.2) is 27.0 Å². The highest BCUT2D eigenvalue weighted by molar-refractivity contribution is 9.11. The number of carbonyl (C=O) groups is 1. The highest BCUT2D eigenvalue weighted by Crippen LogP contribution is 2.30. The lowest BCUT2D eigenvalue weighted by Gasteiger charge is -2.19. The van der Waals surface area contributed by atoms with Crippen molar-refractivity contribution in [2.45, 2.75) is 26.4 Å². The van der Waals surface area contributed by atoms with Crippen LogP contribution < -0.4 is 10.9 Å². The molecule has 1 amide bonds. The fourth-order valence-electron chi connectivity index (χ4n) is 2.61. The molecule has 0 radical (unpaired) electrons. The van der Waals surface area contributed by atoms with Gasteiger partial charge in [0.2, 0.25) is 0 Å². The van der Waals surface area contributed by atoms with Gasteiger partial charge in [0.1, 0.15) is 26.9 Å². The lowest BCUT2D eigenvalue weighted by molar-refractivity contribution is 0.0636. The number of thiazole rings is 1. The minimum atomic E-state index is -0.606. The molecule has 4 rings (SSSR count). The second kappa shape index (κ2) is 5.78. The molecular weight excluding hydrogens is 422 g/mol. The third kappa shape index (κ3) is 2.95. The van der Waals surface area contributed by atoms with Crippen LogP contribution >= 0.6 is 27.3 Å². The van der Waals surface area contributed by atoms with Crippen molar-refractivity contribution in [2.24, 2.45) is 0 Å². The van der Waals surface area contributed by atoms with Gasteiger partial charge in [0, 0.05) is 0 Å². The van der Waals surface area contributed by atoms with E-state index in [1.165, 1.54) is 17.5 Å². The van der Waals surface area contributed by atoms with E-state index in [1.54, 1.807) is 37.5 Å². The van der Waals surface area contributed by atoms with E-state index in [9.17, 15) is 9.59 Å². The normalized spacial score (nSPS) is 12.2. The third-order valence-electron chi connectivity index (χ3n) is 3.52. The Hall–Kier alpha value is -2.46. The molecule has 2 N–H and O–H groups in total. The number of rotatable bonds is 1. The van der Waals surface area contributed by atoms with Crippen LogP contribution in [0.1, 0.15) is 20.8 Å². The summed E-state index contributed by atoms with van der Waals surface area (Å²) in [6.45, 7) is 5.34. The van der Waals surface area contributed by atoms with Gasteiger partial charge in [-0.15, -0.1) is 11.3 Å². The summed E-state index contributed by atoms with van der Waals surface area (Å²) in [5.74, 6) is 0. The number of carbonyl (C=O) groups excluding carboxylic acids is 1. The molecule has 134 valence electrons. The topological polar surface area (TPSA) is 101 Å². The molecule has 0 aliphatic carbocycles. The zero-order chi connectivity index (χ0) is 18.6. The number of halogens is 1. The van der Waals surface area contributed by atoms with Gasteiger partial charge in [-0.3, -0.25) is 15.1 Å². The molecule has 0 atom stereocenters. The number of hydrogen-bond donors (Lipinski definition) is 2. The van der Waals surface area contributed by atoms with Gasteiger partial charge in [-0.1, -0.05) is 0 Å². The molecule has 0 aliphatic heterocycles. The van der Waals surface area contributed by atoms with Crippen LogP contribution in [0.3, 0.4) is 0 Å². The first-order chi connectivity index (χ1) is 12.2. The van der Waals surface area contributed by atoms with Crippen molar-refractivity contribution in [3.05, 3.63) is 32.6 Å². The van der Waals surface area contributed by atoms with E-state index in [1.807, 2.05) is 0 Å². The molecule has 0 aromatic carbocycles. The number of fused-ring (bicyclic) bond motifs is 5. The average molecular weight is 436 g/mol. The second-order valence-electron chi connectivity index (χ2n) is 6.71. The van der Waals surface area contributed by atoms with Crippen molar-refractivity contribution in [1.29, 1.82) is 0 Å². The van der Waals surface area contributed by atoms with E-state index in [4.69, 9.17) is 4.74 Å². The predicted molar refractivity (Wildman–Crippen MR) is 104 cm³/mol. The van der Waals surface area contributed by atoms with Crippen molar-refractivity contribution in [3.8, 4) is 0 Å². The van der Waals surface area contributed by atoms with E-state index in [-0.39, 0.29) is 5.56 Å². The van der Waals surface area contributed by atoms with E-state index in [2.05, 4.69) is 36.3 Å². The summed E-state index contributed by atoms with van der Waals surface area (Å²) in [5, 5.41) is 7.57. The lowest BCUT2D eigenvalue weighted by Crippen LogP contribution is -2.27. The van der Waals surface area contributed by atoms with E-state index < -0.39 is 11.7 Å². The van der Waals surface area contributed by atoms with Crippen molar-refractivity contribution in [1.82, 2.24) is 19.6 Å². The summed E-state index contributed by atoms with van der Waals surface area (Å²) in [6, 6.07) is 1.64. The maximum Gasteiger partial charge on any atom is 0.412 e. The van der Waals surface area contributed by atoms with Crippen LogP contribution in [0.4, 0.5) is 10.5 Å². The molecule has 4 heterocycles. The summed E-state index contributed by atoms with van der Waals surface area (Å²) in [4.78, 5) is 32.4. The number of ether oxygens (including phenoxy) is 1. The molecule has 0 fully saturated rings. The minimum Gasteiger partial charge on any atom is -0.444 e. The number of aromatic nitrogens is 4. The Bertz CT molecular complexity index is 1230. The summed E-state index contributed by atoms with van der Waals surface area (Å²) in [7, 11) is 0. The molecule has 0 saturated carbocycles. The molecule has 26 heavy (non-hydrogen) atoms. The lowest BCUT2D eigenvalue weighted by atomic mass is 10.2. The molecular formula is C16H14BrN5O3S. The number of pyridine rings is 2. The summed E-state index contributed by atoms with van der Waals surface area (Å²) >= 11 is 4.82. The van der Waals surface area contributed by atoms with Gasteiger partial charge in [-0.25, -0.2) is 9.31 Å². The maximum absolute atomic E-state index is 12.5. The fraction of sp³-hybridized carbons (Fsp3) is 0.250. The first kappa shape index (κ1) is 17.0. The SMILES string of the molecule is CC(C)(C)OC(=O)Nc1cnc2c(c1)[nH]c(=O)c1c2nn2cc(Br)sc12. The smallest absolute Gasteiger partial charge is 0.412 e. The Labute approximate surface area is 159 Å². The number of hydrogen-bond acceptors (Lipinski definition) is 6. The van der Waals surface area contributed by atoms with Gasteiger partial charge < -0.3 is 9.72 Å². The third-order valence-corrected chi connectivity index (χ3v) is 5.09. The Balaban J connectivity index is 1.81. The van der Waals surface area contributed by atoms with Crippen molar-refractivity contribution in [3.63, 3.8) is 0 Å². The fourth-order valence-corrected chi connectivity index (χ4v) is 4.08. The van der Waals surface area contributed by atoms with Crippen LogP contribution in [-0.4, -0.2) is 31.3 Å². The Kier molecular flexibility index (Phi) is 3.77. The van der Waals surface area contributed by atoms with Gasteiger partial charge in [0.05, 0.1) is 27.4 Å². The largest absolute Gasteiger partial charge is 0.444 e. The molecule has 0 aliphatic rings. The first-order valence-electron chi connectivity index (χ1n) is 7.71. The van der Waals surface area contributed by atoms with Crippen LogP contribution in [-0.2, 0) is 4.74 Å². The molecule has 8 nitrogen and oxygen atoms in total. The monoisotopic (exact) mass is 435 g/mol.